The lowest BCUT2D eigenvalue weighted by atomic mass is 9.83. The van der Waals surface area contributed by atoms with Gasteiger partial charge in [-0.3, -0.25) is 4.79 Å². The Kier molecular flexibility index (Phi) is 4.69. The molecule has 1 aromatic carbocycles. The van der Waals surface area contributed by atoms with Crippen molar-refractivity contribution < 1.29 is 23.4 Å². The predicted molar refractivity (Wildman–Crippen MR) is 117 cm³/mol. The number of ether oxygens (including phenoxy) is 1. The predicted octanol–water partition coefficient (Wildman–Crippen LogP) is 2.73. The molecular weight excluding hydrogens is 456 g/mol. The molecule has 3 aliphatic rings. The Labute approximate surface area is 192 Å². The molecule has 7 nitrogen and oxygen atoms in total. The van der Waals surface area contributed by atoms with Crippen molar-refractivity contribution in [1.29, 1.82) is 0 Å². The van der Waals surface area contributed by atoms with E-state index in [1.54, 1.807) is 13.0 Å². The first-order valence-electron chi connectivity index (χ1n) is 10.5. The van der Waals surface area contributed by atoms with Crippen molar-refractivity contribution in [3.05, 3.63) is 61.9 Å². The number of hydrogen-bond donors (Lipinski definition) is 2. The van der Waals surface area contributed by atoms with Crippen LogP contribution in [0.4, 0.5) is 8.78 Å². The zero-order valence-electron chi connectivity index (χ0n) is 17.6. The van der Waals surface area contributed by atoms with Crippen LogP contribution >= 0.6 is 12.4 Å². The Morgan fingerprint density at radius 1 is 1.27 bits per heavy atom. The summed E-state index contributed by atoms with van der Waals surface area (Å²) < 4.78 is 35.4. The van der Waals surface area contributed by atoms with Crippen LogP contribution in [0, 0.1) is 11.6 Å². The van der Waals surface area contributed by atoms with Crippen molar-refractivity contribution in [2.24, 2.45) is 5.73 Å². The quantitative estimate of drug-likeness (QED) is 0.410. The molecule has 1 aliphatic carbocycles. The number of halogens is 3. The highest BCUT2D eigenvalue weighted by Gasteiger charge is 2.45. The second-order valence-corrected chi connectivity index (χ2v) is 8.65. The zero-order valence-corrected chi connectivity index (χ0v) is 18.4. The number of aromatic nitrogens is 2. The van der Waals surface area contributed by atoms with Crippen molar-refractivity contribution >= 4 is 29.3 Å². The summed E-state index contributed by atoms with van der Waals surface area (Å²) in [6, 6.07) is 2.23. The number of fused-ring (bicyclic) bond motifs is 5. The van der Waals surface area contributed by atoms with E-state index in [-0.39, 0.29) is 54.2 Å². The molecule has 0 spiro atoms. The van der Waals surface area contributed by atoms with E-state index < -0.39 is 34.8 Å². The van der Waals surface area contributed by atoms with Crippen LogP contribution in [-0.2, 0) is 34.7 Å². The second-order valence-electron chi connectivity index (χ2n) is 8.65. The Morgan fingerprint density at radius 3 is 2.76 bits per heavy atom. The Morgan fingerprint density at radius 2 is 2.03 bits per heavy atom. The average molecular weight is 476 g/mol. The molecule has 4 heterocycles. The number of aryl methyl sites for hydroxylation is 1. The van der Waals surface area contributed by atoms with Gasteiger partial charge in [-0.2, -0.15) is 0 Å². The lowest BCUT2D eigenvalue weighted by molar-refractivity contribution is -0.172. The fourth-order valence-corrected chi connectivity index (χ4v) is 5.39. The Balaban J connectivity index is 0.00000228. The third kappa shape index (κ3) is 2.64. The minimum atomic E-state index is -1.94. The monoisotopic (exact) mass is 475 g/mol. The molecule has 3 N–H and O–H groups in total. The smallest absolute Gasteiger partial charge is 0.343 e. The molecule has 0 amide bonds. The van der Waals surface area contributed by atoms with Crippen LogP contribution in [0.15, 0.2) is 16.9 Å². The van der Waals surface area contributed by atoms with Gasteiger partial charge in [0.1, 0.15) is 6.61 Å². The van der Waals surface area contributed by atoms with Gasteiger partial charge in [0.25, 0.3) is 5.56 Å². The molecule has 0 radical (unpaired) electrons. The Bertz CT molecular complexity index is 1450. The molecule has 0 saturated carbocycles. The molecule has 2 aliphatic heterocycles. The van der Waals surface area contributed by atoms with Crippen molar-refractivity contribution in [3.8, 4) is 11.4 Å². The number of nitrogens with zero attached hydrogens (tertiary/aromatic N) is 2. The minimum absolute atomic E-state index is 0. The van der Waals surface area contributed by atoms with E-state index >= 15 is 0 Å². The molecule has 2 aromatic heterocycles. The van der Waals surface area contributed by atoms with Gasteiger partial charge in [-0.05, 0) is 30.9 Å². The lowest BCUT2D eigenvalue weighted by Gasteiger charge is -2.31. The van der Waals surface area contributed by atoms with Gasteiger partial charge in [0, 0.05) is 34.2 Å². The largest absolute Gasteiger partial charge is 0.458 e. The molecule has 0 saturated heterocycles. The van der Waals surface area contributed by atoms with Crippen LogP contribution in [0.25, 0.3) is 22.3 Å². The average Bonchev–Trinajstić information content (AvgIpc) is 3.14. The number of pyridine rings is 2. The molecule has 172 valence electrons. The number of carbonyl (C=O) groups is 1. The van der Waals surface area contributed by atoms with E-state index in [2.05, 4.69) is 4.98 Å². The van der Waals surface area contributed by atoms with Crippen LogP contribution in [0.3, 0.4) is 0 Å². The van der Waals surface area contributed by atoms with Gasteiger partial charge in [0.05, 0.1) is 29.0 Å². The number of carbonyl (C=O) groups excluding carboxylic acids is 1. The molecule has 3 aromatic rings. The molecular formula is C23H20ClF2N3O4. The van der Waals surface area contributed by atoms with Crippen LogP contribution in [0.2, 0.25) is 0 Å². The lowest BCUT2D eigenvalue weighted by Crippen LogP contribution is -2.44. The van der Waals surface area contributed by atoms with E-state index in [0.29, 0.717) is 40.7 Å². The number of benzene rings is 1. The molecule has 6 rings (SSSR count). The van der Waals surface area contributed by atoms with Crippen molar-refractivity contribution in [3.63, 3.8) is 0 Å². The third-order valence-corrected chi connectivity index (χ3v) is 7.09. The topological polar surface area (TPSA) is 107 Å². The molecule has 0 unspecified atom stereocenters. The highest BCUT2D eigenvalue weighted by molar-refractivity contribution is 5.92. The van der Waals surface area contributed by atoms with Crippen molar-refractivity contribution in [1.82, 2.24) is 9.55 Å². The number of cyclic esters (lactones) is 1. The van der Waals surface area contributed by atoms with Gasteiger partial charge < -0.3 is 20.1 Å². The van der Waals surface area contributed by atoms with Gasteiger partial charge >= 0.3 is 5.97 Å². The molecule has 10 heteroatoms. The van der Waals surface area contributed by atoms with Crippen LogP contribution in [0.1, 0.15) is 53.6 Å². The summed E-state index contributed by atoms with van der Waals surface area (Å²) in [5.41, 5.74) is 7.21. The van der Waals surface area contributed by atoms with Gasteiger partial charge in [0.2, 0.25) is 0 Å². The highest BCUT2D eigenvalue weighted by atomic mass is 35.5. The third-order valence-electron chi connectivity index (χ3n) is 7.09. The Hall–Kier alpha value is -2.88. The normalized spacial score (nSPS) is 22.3. The molecule has 0 bridgehead atoms. The summed E-state index contributed by atoms with van der Waals surface area (Å²) in [7, 11) is 0. The first-order chi connectivity index (χ1) is 15.3. The van der Waals surface area contributed by atoms with E-state index in [4.69, 9.17) is 10.5 Å². The number of rotatable bonds is 1. The van der Waals surface area contributed by atoms with Crippen molar-refractivity contribution in [2.75, 3.05) is 0 Å². The van der Waals surface area contributed by atoms with Crippen LogP contribution < -0.4 is 11.3 Å². The first kappa shape index (κ1) is 21.9. The summed E-state index contributed by atoms with van der Waals surface area (Å²) in [4.78, 5) is 30.2. The maximum absolute atomic E-state index is 14.5. The summed E-state index contributed by atoms with van der Waals surface area (Å²) in [5, 5.41) is 11.5. The van der Waals surface area contributed by atoms with Crippen LogP contribution in [0.5, 0.6) is 0 Å². The number of aliphatic hydroxyl groups is 1. The molecule has 0 fully saturated rings. The zero-order chi connectivity index (χ0) is 22.5. The highest BCUT2D eigenvalue weighted by Crippen LogP contribution is 2.45. The first-order valence-corrected chi connectivity index (χ1v) is 10.5. The number of nitrogens with two attached hydrogens (primary N) is 1. The van der Waals surface area contributed by atoms with Crippen LogP contribution in [-0.4, -0.2) is 20.6 Å². The van der Waals surface area contributed by atoms with E-state index in [1.165, 1.54) is 4.57 Å². The maximum Gasteiger partial charge on any atom is 0.343 e. The summed E-state index contributed by atoms with van der Waals surface area (Å²) in [6.07, 6.45) is 0.779. The molecule has 33 heavy (non-hydrogen) atoms. The molecule has 2 atom stereocenters. The fraction of sp³-hybridized carbons (Fsp3) is 0.348. The summed E-state index contributed by atoms with van der Waals surface area (Å²) >= 11 is 0. The van der Waals surface area contributed by atoms with E-state index in [1.807, 2.05) is 0 Å². The summed E-state index contributed by atoms with van der Waals surface area (Å²) in [5.74, 6) is -2.68. The SMILES string of the molecule is CC[C@@]1(O)C(=O)OCc2c1cc1n(c2=O)Cc2c-1nc1cc(F)c(F)c3c1c2[C@@H](N)CC3.Cl. The summed E-state index contributed by atoms with van der Waals surface area (Å²) in [6.45, 7) is 1.57. The van der Waals surface area contributed by atoms with E-state index in [9.17, 15) is 23.5 Å². The van der Waals surface area contributed by atoms with Gasteiger partial charge in [0.15, 0.2) is 17.2 Å². The number of hydrogen-bond acceptors (Lipinski definition) is 6. The standard InChI is InChI=1S/C23H19F2N3O4.ClH/c1-2-23(31)12-5-16-20-10(7-28(16)21(29)11(12)8-32-22(23)30)17-14(26)4-3-9-18(17)15(27-20)6-13(24)19(9)25;/h5-6,14,31H,2-4,7-8,26H2,1H3;1H/t14-,23-;/m0./s1. The van der Waals surface area contributed by atoms with E-state index in [0.717, 1.165) is 6.07 Å². The van der Waals surface area contributed by atoms with Gasteiger partial charge in [-0.25, -0.2) is 18.6 Å². The minimum Gasteiger partial charge on any atom is -0.458 e. The van der Waals surface area contributed by atoms with Gasteiger partial charge in [-0.15, -0.1) is 12.4 Å². The van der Waals surface area contributed by atoms with Gasteiger partial charge in [-0.1, -0.05) is 6.92 Å². The van der Waals surface area contributed by atoms with Crippen molar-refractivity contribution in [2.45, 2.75) is 51.0 Å². The number of esters is 1. The fourth-order valence-electron chi connectivity index (χ4n) is 5.39. The second kappa shape index (κ2) is 7.06. The maximum atomic E-state index is 14.5.